The van der Waals surface area contributed by atoms with Crippen LogP contribution < -0.4 is 21.6 Å². The Labute approximate surface area is 196 Å². The van der Waals surface area contributed by atoms with E-state index in [2.05, 4.69) is 128 Å². The fourth-order valence-electron chi connectivity index (χ4n) is 2.79. The van der Waals surface area contributed by atoms with Crippen molar-refractivity contribution in [2.75, 3.05) is 0 Å². The van der Waals surface area contributed by atoms with E-state index in [1.807, 2.05) is 0 Å². The summed E-state index contributed by atoms with van der Waals surface area (Å²) >= 11 is 5.35. The van der Waals surface area contributed by atoms with E-state index in [4.69, 9.17) is 5.73 Å². The molecular formula is C25H22BrFNPPd. The quantitative estimate of drug-likeness (QED) is 0.199. The van der Waals surface area contributed by atoms with Gasteiger partial charge in [0.25, 0.3) is 0 Å². The average Bonchev–Trinajstić information content (AvgIpc) is 2.83. The van der Waals surface area contributed by atoms with Gasteiger partial charge in [0.05, 0.1) is 0 Å². The predicted molar refractivity (Wildman–Crippen MR) is 127 cm³/mol. The largest absolute Gasteiger partial charge is 0.0622 e. The monoisotopic (exact) mass is 571 g/mol. The molecule has 5 heteroatoms. The van der Waals surface area contributed by atoms with Crippen LogP contribution in [-0.4, -0.2) is 0 Å². The molecule has 0 aliphatic heterocycles. The summed E-state index contributed by atoms with van der Waals surface area (Å²) in [6.45, 7) is 0.369. The minimum absolute atomic E-state index is 0.280. The van der Waals surface area contributed by atoms with Crippen LogP contribution in [-0.2, 0) is 23.7 Å². The Morgan fingerprint density at radius 2 is 1.13 bits per heavy atom. The first-order valence-corrected chi connectivity index (χ1v) is 14.1. The van der Waals surface area contributed by atoms with Gasteiger partial charge >= 0.3 is 30.6 Å². The van der Waals surface area contributed by atoms with Gasteiger partial charge in [0.1, 0.15) is 0 Å². The summed E-state index contributed by atoms with van der Waals surface area (Å²) in [5, 5.41) is 4.19. The van der Waals surface area contributed by atoms with Crippen molar-refractivity contribution in [3.63, 3.8) is 0 Å². The van der Waals surface area contributed by atoms with Gasteiger partial charge in [-0.3, -0.25) is 4.39 Å². The van der Waals surface area contributed by atoms with Gasteiger partial charge in [0, 0.05) is 5.82 Å². The zero-order valence-electron chi connectivity index (χ0n) is 16.2. The first-order valence-electron chi connectivity index (χ1n) is 9.21. The summed E-state index contributed by atoms with van der Waals surface area (Å²) < 4.78 is 12.3. The molecular weight excluding hydrogens is 551 g/mol. The molecule has 4 aromatic rings. The third-order valence-electron chi connectivity index (χ3n) is 4.09. The molecule has 2 N–H and O–H groups in total. The van der Waals surface area contributed by atoms with Gasteiger partial charge < -0.3 is 5.73 Å². The number of rotatable bonds is 4. The third kappa shape index (κ3) is 7.88. The minimum atomic E-state index is -0.446. The Balaban J connectivity index is 0.000000245. The van der Waals surface area contributed by atoms with Crippen LogP contribution in [0.15, 0.2) is 109 Å². The van der Waals surface area contributed by atoms with Crippen molar-refractivity contribution in [2.45, 2.75) is 6.54 Å². The molecule has 1 nitrogen and oxygen atoms in total. The maximum absolute atomic E-state index is 12.3. The summed E-state index contributed by atoms with van der Waals surface area (Å²) in [6.07, 6.45) is 0. The average molecular weight is 573 g/mol. The van der Waals surface area contributed by atoms with Crippen molar-refractivity contribution >= 4 is 37.3 Å². The predicted octanol–water partition coefficient (Wildman–Crippen LogP) is 5.37. The first kappa shape index (κ1) is 24.6. The molecule has 0 bridgehead atoms. The van der Waals surface area contributed by atoms with Crippen LogP contribution in [0.25, 0.3) is 0 Å². The summed E-state index contributed by atoms with van der Waals surface area (Å²) in [5.41, 5.74) is 6.01. The van der Waals surface area contributed by atoms with E-state index in [0.717, 1.165) is 5.56 Å². The fraction of sp³-hybridized carbons (Fsp3) is 0.0400. The van der Waals surface area contributed by atoms with Gasteiger partial charge in [-0.1, -0.05) is 91.0 Å². The zero-order chi connectivity index (χ0) is 21.6. The number of nitrogens with two attached hydrogens (primary N) is 1. The van der Waals surface area contributed by atoms with Crippen molar-refractivity contribution < 1.29 is 21.6 Å². The van der Waals surface area contributed by atoms with E-state index in [9.17, 15) is 4.39 Å². The van der Waals surface area contributed by atoms with Crippen molar-refractivity contribution in [2.24, 2.45) is 5.73 Å². The number of halogens is 2. The standard InChI is InChI=1S/C18H15P.C7H7FN.BrH.Pd/c1-4-10-16(11-5-1)19(17-12-6-2-7-13-17)18-14-8-3-9-15-18;8-7-3-1-2-6(4-7)5-9;;/h1-15H;2-4H,5,9H2;1H;/q;-1;;+2/p-1. The van der Waals surface area contributed by atoms with E-state index in [1.54, 1.807) is 6.07 Å². The molecule has 0 unspecified atom stereocenters. The van der Waals surface area contributed by atoms with E-state index >= 15 is 0 Å². The molecule has 4 rings (SSSR count). The smallest absolute Gasteiger partial charge is 0.0134 e. The Morgan fingerprint density at radius 3 is 1.43 bits per heavy atom. The summed E-state index contributed by atoms with van der Waals surface area (Å²) in [7, 11) is -0.446. The van der Waals surface area contributed by atoms with Crippen LogP contribution in [0.2, 0.25) is 0 Å². The Morgan fingerprint density at radius 1 is 0.733 bits per heavy atom. The van der Waals surface area contributed by atoms with Gasteiger partial charge in [-0.05, 0) is 30.4 Å². The van der Waals surface area contributed by atoms with Crippen molar-refractivity contribution in [1.29, 1.82) is 0 Å². The van der Waals surface area contributed by atoms with Gasteiger partial charge in [-0.2, -0.15) is 12.1 Å². The van der Waals surface area contributed by atoms with Crippen LogP contribution in [0.4, 0.5) is 4.39 Å². The maximum atomic E-state index is 12.3. The second-order valence-corrected chi connectivity index (χ2v) is 8.33. The van der Waals surface area contributed by atoms with Crippen LogP contribution in [0, 0.1) is 11.9 Å². The van der Waals surface area contributed by atoms with E-state index in [0.29, 0.717) is 6.54 Å². The maximum Gasteiger partial charge on any atom is -0.0134 e. The van der Waals surface area contributed by atoms with Crippen LogP contribution in [0.5, 0.6) is 0 Å². The molecule has 0 amide bonds. The Bertz CT molecular complexity index is 878. The minimum Gasteiger partial charge on any atom is -0.0622 e. The third-order valence-corrected chi connectivity index (χ3v) is 6.54. The molecule has 0 spiro atoms. The molecule has 156 valence electrons. The molecule has 0 saturated carbocycles. The van der Waals surface area contributed by atoms with Crippen molar-refractivity contribution in [1.82, 2.24) is 0 Å². The van der Waals surface area contributed by atoms with Gasteiger partial charge in [0.15, 0.2) is 0 Å². The van der Waals surface area contributed by atoms with E-state index < -0.39 is 7.92 Å². The van der Waals surface area contributed by atoms with Crippen molar-refractivity contribution in [3.05, 3.63) is 127 Å². The molecule has 30 heavy (non-hydrogen) atoms. The SMILES string of the molecule is NCc1c[c-]cc(F)c1.[Br][Pd+].c1ccc(P(c2ccccc2)c2ccccc2)cc1. The summed E-state index contributed by atoms with van der Waals surface area (Å²) in [5.74, 6) is -0.280. The number of benzene rings is 4. The molecule has 0 aromatic heterocycles. The zero-order valence-corrected chi connectivity index (χ0v) is 20.2. The van der Waals surface area contributed by atoms with Gasteiger partial charge in [0.2, 0.25) is 0 Å². The molecule has 0 atom stereocenters. The Kier molecular flexibility index (Phi) is 11.8. The topological polar surface area (TPSA) is 26.0 Å². The molecule has 0 aliphatic rings. The Hall–Kier alpha value is -1.66. The fourth-order valence-corrected chi connectivity index (χ4v) is 5.09. The molecule has 0 fully saturated rings. The van der Waals surface area contributed by atoms with Gasteiger partial charge in [-0.25, -0.2) is 0 Å². The van der Waals surface area contributed by atoms with E-state index in [1.165, 1.54) is 28.0 Å². The van der Waals surface area contributed by atoms with Crippen LogP contribution >= 0.6 is 21.4 Å². The second-order valence-electron chi connectivity index (χ2n) is 6.11. The normalized spacial score (nSPS) is 9.80. The molecule has 0 heterocycles. The van der Waals surface area contributed by atoms with Crippen LogP contribution in [0.1, 0.15) is 5.56 Å². The van der Waals surface area contributed by atoms with Crippen LogP contribution in [0.3, 0.4) is 0 Å². The molecule has 0 radical (unpaired) electrons. The van der Waals surface area contributed by atoms with Crippen molar-refractivity contribution in [3.8, 4) is 0 Å². The number of hydrogen-bond donors (Lipinski definition) is 1. The molecule has 4 aromatic carbocycles. The molecule has 0 saturated heterocycles. The number of hydrogen-bond acceptors (Lipinski definition) is 1. The molecule has 0 aliphatic carbocycles. The van der Waals surface area contributed by atoms with Gasteiger partial charge in [-0.15, -0.1) is 17.7 Å². The summed E-state index contributed by atoms with van der Waals surface area (Å²) in [4.78, 5) is 0. The second kappa shape index (κ2) is 14.4. The first-order chi connectivity index (χ1) is 14.8. The summed E-state index contributed by atoms with van der Waals surface area (Å²) in [6, 6.07) is 39.3. The van der Waals surface area contributed by atoms with E-state index in [-0.39, 0.29) is 5.82 Å².